The predicted octanol–water partition coefficient (Wildman–Crippen LogP) is 2.58. The van der Waals surface area contributed by atoms with Crippen molar-refractivity contribution in [3.05, 3.63) is 17.0 Å². The van der Waals surface area contributed by atoms with Crippen molar-refractivity contribution in [3.8, 4) is 0 Å². The molecule has 0 aliphatic rings. The van der Waals surface area contributed by atoms with Crippen LogP contribution in [0.25, 0.3) is 0 Å². The zero-order valence-electron chi connectivity index (χ0n) is 16.9. The standard InChI is InChI=1S/C17H33N5O2S2.HI/c1-6-19-17(20-10-7-11-22(13(2)3)14(4)5)21-12-15-8-9-16(25-15)26(18,23)24;/h8-9,13-14H,6-7,10-12H2,1-5H3,(H2,18,23,24)(H2,19,20,21);1H. The van der Waals surface area contributed by atoms with Crippen LogP contribution in [0.1, 0.15) is 45.9 Å². The Hall–Kier alpha value is -0.430. The highest BCUT2D eigenvalue weighted by molar-refractivity contribution is 14.0. The Morgan fingerprint density at radius 1 is 1.22 bits per heavy atom. The molecule has 1 aromatic rings. The van der Waals surface area contributed by atoms with Gasteiger partial charge in [-0.05, 0) is 53.2 Å². The molecule has 1 aromatic heterocycles. The number of nitrogens with two attached hydrogens (primary N) is 1. The van der Waals surface area contributed by atoms with E-state index in [0.29, 0.717) is 18.6 Å². The zero-order chi connectivity index (χ0) is 19.7. The molecule has 0 aliphatic carbocycles. The lowest BCUT2D eigenvalue weighted by atomic mass is 10.2. The van der Waals surface area contributed by atoms with Crippen molar-refractivity contribution >= 4 is 51.3 Å². The third-order valence-electron chi connectivity index (χ3n) is 3.87. The number of nitrogens with zero attached hydrogens (tertiary/aromatic N) is 2. The van der Waals surface area contributed by atoms with E-state index in [0.717, 1.165) is 48.2 Å². The van der Waals surface area contributed by atoms with Crippen LogP contribution in [0.2, 0.25) is 0 Å². The maximum atomic E-state index is 11.3. The summed E-state index contributed by atoms with van der Waals surface area (Å²) in [6.45, 7) is 13.9. The van der Waals surface area contributed by atoms with Crippen LogP contribution in [0.4, 0.5) is 0 Å². The van der Waals surface area contributed by atoms with Crippen LogP contribution in [0.15, 0.2) is 21.3 Å². The van der Waals surface area contributed by atoms with Crippen LogP contribution in [0, 0.1) is 0 Å². The number of halogens is 1. The van der Waals surface area contributed by atoms with Gasteiger partial charge in [-0.25, -0.2) is 18.5 Å². The molecular formula is C17H34IN5O2S2. The van der Waals surface area contributed by atoms with Crippen LogP contribution < -0.4 is 15.8 Å². The van der Waals surface area contributed by atoms with Crippen molar-refractivity contribution in [3.63, 3.8) is 0 Å². The maximum absolute atomic E-state index is 11.3. The van der Waals surface area contributed by atoms with Gasteiger partial charge in [-0.1, -0.05) is 0 Å². The van der Waals surface area contributed by atoms with Crippen LogP contribution in [0.3, 0.4) is 0 Å². The Balaban J connectivity index is 0.00000676. The van der Waals surface area contributed by atoms with Gasteiger partial charge in [-0.3, -0.25) is 4.90 Å². The van der Waals surface area contributed by atoms with Gasteiger partial charge in [0.1, 0.15) is 4.21 Å². The largest absolute Gasteiger partial charge is 0.357 e. The van der Waals surface area contributed by atoms with Gasteiger partial charge in [-0.15, -0.1) is 35.3 Å². The summed E-state index contributed by atoms with van der Waals surface area (Å²) in [4.78, 5) is 7.84. The molecule has 1 heterocycles. The lowest BCUT2D eigenvalue weighted by molar-refractivity contribution is 0.173. The number of guanidine groups is 1. The summed E-state index contributed by atoms with van der Waals surface area (Å²) in [7, 11) is -3.64. The Bertz CT molecular complexity index is 667. The molecule has 0 aliphatic heterocycles. The zero-order valence-corrected chi connectivity index (χ0v) is 20.8. The minimum Gasteiger partial charge on any atom is -0.357 e. The topological polar surface area (TPSA) is 99.8 Å². The number of hydrogen-bond donors (Lipinski definition) is 3. The molecule has 0 fully saturated rings. The number of sulfonamides is 1. The maximum Gasteiger partial charge on any atom is 0.247 e. The van der Waals surface area contributed by atoms with E-state index in [4.69, 9.17) is 5.14 Å². The smallest absolute Gasteiger partial charge is 0.247 e. The fourth-order valence-corrected chi connectivity index (χ4v) is 4.38. The second-order valence-corrected chi connectivity index (χ2v) is 9.62. The first-order chi connectivity index (χ1) is 12.1. The van der Waals surface area contributed by atoms with Crippen molar-refractivity contribution in [2.24, 2.45) is 10.1 Å². The SMILES string of the molecule is CCNC(=NCc1ccc(S(N)(=O)=O)s1)NCCCN(C(C)C)C(C)C.I. The van der Waals surface area contributed by atoms with E-state index in [9.17, 15) is 8.42 Å². The number of hydrogen-bond acceptors (Lipinski definition) is 5. The molecule has 7 nitrogen and oxygen atoms in total. The second-order valence-electron chi connectivity index (χ2n) is 6.67. The molecule has 158 valence electrons. The molecule has 0 atom stereocenters. The molecule has 0 radical (unpaired) electrons. The first kappa shape index (κ1) is 26.6. The number of thiophene rings is 1. The van der Waals surface area contributed by atoms with Gasteiger partial charge in [0.25, 0.3) is 0 Å². The summed E-state index contributed by atoms with van der Waals surface area (Å²) >= 11 is 1.16. The molecular weight excluding hydrogens is 497 g/mol. The first-order valence-electron chi connectivity index (χ1n) is 9.04. The molecule has 0 unspecified atom stereocenters. The summed E-state index contributed by atoms with van der Waals surface area (Å²) in [5, 5.41) is 11.7. The summed E-state index contributed by atoms with van der Waals surface area (Å²) < 4.78 is 22.8. The summed E-state index contributed by atoms with van der Waals surface area (Å²) in [6.07, 6.45) is 1.02. The molecule has 4 N–H and O–H groups in total. The number of nitrogens with one attached hydrogen (secondary N) is 2. The van der Waals surface area contributed by atoms with Gasteiger partial charge in [0.05, 0.1) is 6.54 Å². The van der Waals surface area contributed by atoms with Gasteiger partial charge in [0.2, 0.25) is 10.0 Å². The highest BCUT2D eigenvalue weighted by Gasteiger charge is 2.13. The first-order valence-corrected chi connectivity index (χ1v) is 11.4. The lowest BCUT2D eigenvalue weighted by Gasteiger charge is -2.30. The van der Waals surface area contributed by atoms with Gasteiger partial charge >= 0.3 is 0 Å². The van der Waals surface area contributed by atoms with Crippen molar-refractivity contribution in [1.82, 2.24) is 15.5 Å². The number of primary sulfonamides is 1. The van der Waals surface area contributed by atoms with E-state index in [2.05, 4.69) is 48.2 Å². The van der Waals surface area contributed by atoms with Crippen molar-refractivity contribution in [2.75, 3.05) is 19.6 Å². The third kappa shape index (κ3) is 10.1. The monoisotopic (exact) mass is 531 g/mol. The molecule has 0 bridgehead atoms. The fraction of sp³-hybridized carbons (Fsp3) is 0.706. The molecule has 27 heavy (non-hydrogen) atoms. The van der Waals surface area contributed by atoms with E-state index in [1.165, 1.54) is 6.07 Å². The molecule has 0 saturated heterocycles. The van der Waals surface area contributed by atoms with Crippen molar-refractivity contribution in [1.29, 1.82) is 0 Å². The highest BCUT2D eigenvalue weighted by atomic mass is 127. The van der Waals surface area contributed by atoms with Gasteiger partial charge in [-0.2, -0.15) is 0 Å². The van der Waals surface area contributed by atoms with Gasteiger partial charge < -0.3 is 10.6 Å². The van der Waals surface area contributed by atoms with Crippen molar-refractivity contribution in [2.45, 2.75) is 63.9 Å². The Kier molecular flexibility index (Phi) is 12.7. The third-order valence-corrected chi connectivity index (χ3v) is 6.38. The van der Waals surface area contributed by atoms with Gasteiger partial charge in [0, 0.05) is 36.6 Å². The average molecular weight is 532 g/mol. The van der Waals surface area contributed by atoms with E-state index >= 15 is 0 Å². The van der Waals surface area contributed by atoms with E-state index < -0.39 is 10.0 Å². The van der Waals surface area contributed by atoms with Crippen LogP contribution in [0.5, 0.6) is 0 Å². The highest BCUT2D eigenvalue weighted by Crippen LogP contribution is 2.20. The summed E-state index contributed by atoms with van der Waals surface area (Å²) in [5.41, 5.74) is 0. The quantitative estimate of drug-likeness (QED) is 0.187. The molecule has 10 heteroatoms. The fourth-order valence-electron chi connectivity index (χ4n) is 2.68. The lowest BCUT2D eigenvalue weighted by Crippen LogP contribution is -2.41. The van der Waals surface area contributed by atoms with Crippen molar-refractivity contribution < 1.29 is 8.42 Å². The summed E-state index contributed by atoms with van der Waals surface area (Å²) in [5.74, 6) is 0.735. The Morgan fingerprint density at radius 3 is 2.33 bits per heavy atom. The average Bonchev–Trinajstić information content (AvgIpc) is 3.00. The predicted molar refractivity (Wildman–Crippen MR) is 126 cm³/mol. The molecule has 0 saturated carbocycles. The number of aliphatic imine (C=N–C) groups is 1. The van der Waals surface area contributed by atoms with Gasteiger partial charge in [0.15, 0.2) is 5.96 Å². The van der Waals surface area contributed by atoms with Crippen LogP contribution in [-0.4, -0.2) is 51.0 Å². The Morgan fingerprint density at radius 2 is 1.85 bits per heavy atom. The minimum absolute atomic E-state index is 0. The van der Waals surface area contributed by atoms with E-state index in [1.54, 1.807) is 6.07 Å². The number of rotatable bonds is 10. The van der Waals surface area contributed by atoms with E-state index in [1.807, 2.05) is 6.92 Å². The van der Waals surface area contributed by atoms with Crippen LogP contribution in [-0.2, 0) is 16.6 Å². The van der Waals surface area contributed by atoms with Crippen LogP contribution >= 0.6 is 35.3 Å². The minimum atomic E-state index is -3.64. The molecule has 0 aromatic carbocycles. The molecule has 0 spiro atoms. The normalized spacial score (nSPS) is 12.6. The second kappa shape index (κ2) is 12.9. The molecule has 0 amide bonds. The van der Waals surface area contributed by atoms with E-state index in [-0.39, 0.29) is 28.2 Å². The molecule has 1 rings (SSSR count). The summed E-state index contributed by atoms with van der Waals surface area (Å²) in [6, 6.07) is 4.34. The Labute approximate surface area is 185 Å².